The number of nitrogens with one attached hydrogen (secondary N) is 1. The summed E-state index contributed by atoms with van der Waals surface area (Å²) in [7, 11) is 1.56. The number of ether oxygens (including phenoxy) is 1. The van der Waals surface area contributed by atoms with Crippen LogP contribution in [0.15, 0.2) is 58.0 Å². The molecule has 1 heterocycles. The molecule has 3 rings (SSSR count). The molecule has 23 heavy (non-hydrogen) atoms. The monoisotopic (exact) mass is 308 g/mol. The van der Waals surface area contributed by atoms with Crippen LogP contribution >= 0.6 is 0 Å². The highest BCUT2D eigenvalue weighted by atomic mass is 16.5. The number of furan rings is 1. The van der Waals surface area contributed by atoms with Crippen molar-refractivity contribution in [1.82, 2.24) is 5.43 Å². The molecule has 5 heteroatoms. The second-order valence-corrected chi connectivity index (χ2v) is 5.10. The Kier molecular flexibility index (Phi) is 4.10. The number of hydrogen-bond acceptors (Lipinski definition) is 4. The largest absolute Gasteiger partial charge is 0.493 e. The number of amides is 1. The molecule has 1 N–H and O–H groups in total. The maximum absolute atomic E-state index is 12.1. The molecule has 1 amide bonds. The fourth-order valence-electron chi connectivity index (χ4n) is 2.18. The average Bonchev–Trinajstić information content (AvgIpc) is 3.01. The van der Waals surface area contributed by atoms with E-state index in [9.17, 15) is 4.79 Å². The van der Waals surface area contributed by atoms with Crippen LogP contribution in [0.4, 0.5) is 0 Å². The van der Waals surface area contributed by atoms with Crippen LogP contribution in [0.5, 0.6) is 5.75 Å². The molecule has 0 saturated heterocycles. The minimum atomic E-state index is -0.411. The molecule has 1 aromatic heterocycles. The number of hydrogen-bond donors (Lipinski definition) is 1. The van der Waals surface area contributed by atoms with Crippen LogP contribution in [-0.2, 0) is 0 Å². The van der Waals surface area contributed by atoms with E-state index in [1.807, 2.05) is 43.3 Å². The van der Waals surface area contributed by atoms with E-state index in [1.165, 1.54) is 5.56 Å². The van der Waals surface area contributed by atoms with E-state index >= 15 is 0 Å². The van der Waals surface area contributed by atoms with Crippen molar-refractivity contribution in [3.8, 4) is 5.75 Å². The van der Waals surface area contributed by atoms with Gasteiger partial charge in [-0.3, -0.25) is 4.79 Å². The molecule has 0 fully saturated rings. The highest BCUT2D eigenvalue weighted by Crippen LogP contribution is 2.28. The fraction of sp³-hybridized carbons (Fsp3) is 0.111. The first kappa shape index (κ1) is 14.8. The van der Waals surface area contributed by atoms with E-state index in [0.29, 0.717) is 11.3 Å². The third-order valence-corrected chi connectivity index (χ3v) is 3.41. The van der Waals surface area contributed by atoms with Gasteiger partial charge in [0.1, 0.15) is 0 Å². The van der Waals surface area contributed by atoms with Crippen molar-refractivity contribution in [2.45, 2.75) is 6.92 Å². The van der Waals surface area contributed by atoms with Crippen LogP contribution in [0, 0.1) is 6.92 Å². The zero-order valence-electron chi connectivity index (χ0n) is 12.9. The number of nitrogens with zero attached hydrogens (tertiary/aromatic N) is 1. The van der Waals surface area contributed by atoms with Crippen LogP contribution < -0.4 is 10.2 Å². The van der Waals surface area contributed by atoms with Crippen LogP contribution in [0.1, 0.15) is 21.7 Å². The summed E-state index contributed by atoms with van der Waals surface area (Å²) in [5.74, 6) is 0.363. The molecule has 0 spiro atoms. The summed E-state index contributed by atoms with van der Waals surface area (Å²) in [6.07, 6.45) is 1.58. The van der Waals surface area contributed by atoms with Gasteiger partial charge in [0.15, 0.2) is 17.1 Å². The molecule has 0 radical (unpaired) electrons. The second-order valence-electron chi connectivity index (χ2n) is 5.10. The third-order valence-electron chi connectivity index (χ3n) is 3.41. The summed E-state index contributed by atoms with van der Waals surface area (Å²) in [5.41, 5.74) is 5.07. The van der Waals surface area contributed by atoms with E-state index in [4.69, 9.17) is 9.15 Å². The van der Waals surface area contributed by atoms with E-state index in [1.54, 1.807) is 25.5 Å². The molecular formula is C18H16N2O3. The average molecular weight is 308 g/mol. The lowest BCUT2D eigenvalue weighted by atomic mass is 10.2. The molecule has 2 aromatic carbocycles. The molecular weight excluding hydrogens is 292 g/mol. The number of carbonyl (C=O) groups is 1. The summed E-state index contributed by atoms with van der Waals surface area (Å²) in [4.78, 5) is 12.1. The summed E-state index contributed by atoms with van der Waals surface area (Å²) in [6.45, 7) is 2.01. The Bertz CT molecular complexity index is 864. The third kappa shape index (κ3) is 3.23. The summed E-state index contributed by atoms with van der Waals surface area (Å²) in [5, 5.41) is 4.75. The van der Waals surface area contributed by atoms with Crippen LogP contribution in [0.3, 0.4) is 0 Å². The first-order valence-corrected chi connectivity index (χ1v) is 7.14. The molecule has 0 atom stereocenters. The van der Waals surface area contributed by atoms with Crippen molar-refractivity contribution in [2.24, 2.45) is 5.10 Å². The molecule has 0 saturated carbocycles. The lowest BCUT2D eigenvalue weighted by Crippen LogP contribution is -2.16. The van der Waals surface area contributed by atoms with E-state index in [2.05, 4.69) is 10.5 Å². The highest BCUT2D eigenvalue weighted by Gasteiger charge is 2.14. The summed E-state index contributed by atoms with van der Waals surface area (Å²) < 4.78 is 10.8. The van der Waals surface area contributed by atoms with Crippen molar-refractivity contribution in [1.29, 1.82) is 0 Å². The van der Waals surface area contributed by atoms with Crippen LogP contribution in [-0.4, -0.2) is 19.2 Å². The van der Waals surface area contributed by atoms with Crippen molar-refractivity contribution in [2.75, 3.05) is 7.11 Å². The Morgan fingerprint density at radius 3 is 2.74 bits per heavy atom. The minimum Gasteiger partial charge on any atom is -0.493 e. The number of para-hydroxylation sites is 1. The number of rotatable bonds is 4. The van der Waals surface area contributed by atoms with Gasteiger partial charge in [0.2, 0.25) is 0 Å². The SMILES string of the molecule is COc1cccc2cc(C(=O)N/N=C\c3ccc(C)cc3)oc12. The van der Waals surface area contributed by atoms with E-state index < -0.39 is 5.91 Å². The molecule has 0 aliphatic carbocycles. The molecule has 3 aromatic rings. The van der Waals surface area contributed by atoms with Crippen LogP contribution in [0.2, 0.25) is 0 Å². The Labute approximate surface area is 133 Å². The van der Waals surface area contributed by atoms with Gasteiger partial charge >= 0.3 is 5.91 Å². The van der Waals surface area contributed by atoms with Crippen molar-refractivity contribution < 1.29 is 13.9 Å². The molecule has 5 nitrogen and oxygen atoms in total. The number of methoxy groups -OCH3 is 1. The maximum atomic E-state index is 12.1. The Hall–Kier alpha value is -3.08. The Morgan fingerprint density at radius 2 is 2.00 bits per heavy atom. The molecule has 0 aliphatic heterocycles. The number of carbonyl (C=O) groups excluding carboxylic acids is 1. The summed E-state index contributed by atoms with van der Waals surface area (Å²) in [6, 6.07) is 15.0. The molecule has 116 valence electrons. The maximum Gasteiger partial charge on any atom is 0.307 e. The fourth-order valence-corrected chi connectivity index (χ4v) is 2.18. The predicted molar refractivity (Wildman–Crippen MR) is 89.0 cm³/mol. The zero-order valence-corrected chi connectivity index (χ0v) is 12.9. The van der Waals surface area contributed by atoms with Gasteiger partial charge in [0.05, 0.1) is 13.3 Å². The van der Waals surface area contributed by atoms with Gasteiger partial charge in [-0.15, -0.1) is 0 Å². The van der Waals surface area contributed by atoms with E-state index in [0.717, 1.165) is 10.9 Å². The quantitative estimate of drug-likeness (QED) is 0.592. The lowest BCUT2D eigenvalue weighted by molar-refractivity contribution is 0.0929. The lowest BCUT2D eigenvalue weighted by Gasteiger charge is -1.98. The predicted octanol–water partition coefficient (Wildman–Crippen LogP) is 3.51. The zero-order chi connectivity index (χ0) is 16.2. The van der Waals surface area contributed by atoms with Gasteiger partial charge in [-0.25, -0.2) is 5.43 Å². The van der Waals surface area contributed by atoms with Crippen molar-refractivity contribution in [3.05, 3.63) is 65.4 Å². The van der Waals surface area contributed by atoms with Crippen molar-refractivity contribution in [3.63, 3.8) is 0 Å². The van der Waals surface area contributed by atoms with Gasteiger partial charge in [-0.1, -0.05) is 42.0 Å². The summed E-state index contributed by atoms with van der Waals surface area (Å²) >= 11 is 0. The number of hydrazone groups is 1. The number of aryl methyl sites for hydroxylation is 1. The van der Waals surface area contributed by atoms with Crippen LogP contribution in [0.25, 0.3) is 11.0 Å². The smallest absolute Gasteiger partial charge is 0.307 e. The highest BCUT2D eigenvalue weighted by molar-refractivity contribution is 5.97. The Morgan fingerprint density at radius 1 is 1.22 bits per heavy atom. The van der Waals surface area contributed by atoms with Gasteiger partial charge in [-0.05, 0) is 24.6 Å². The minimum absolute atomic E-state index is 0.186. The standard InChI is InChI=1S/C18H16N2O3/c1-12-6-8-13(9-7-12)11-19-20-18(21)16-10-14-4-3-5-15(22-2)17(14)23-16/h3-11H,1-2H3,(H,20,21)/b19-11-. The Balaban J connectivity index is 1.74. The number of fused-ring (bicyclic) bond motifs is 1. The van der Waals surface area contributed by atoms with Gasteiger partial charge in [-0.2, -0.15) is 5.10 Å². The van der Waals surface area contributed by atoms with Gasteiger partial charge < -0.3 is 9.15 Å². The number of benzene rings is 2. The normalized spacial score (nSPS) is 11.0. The van der Waals surface area contributed by atoms with Crippen molar-refractivity contribution >= 4 is 23.1 Å². The molecule has 0 aliphatic rings. The molecule has 0 unspecified atom stereocenters. The van der Waals surface area contributed by atoms with Gasteiger partial charge in [0.25, 0.3) is 0 Å². The topological polar surface area (TPSA) is 63.8 Å². The van der Waals surface area contributed by atoms with E-state index in [-0.39, 0.29) is 5.76 Å². The van der Waals surface area contributed by atoms with Gasteiger partial charge in [0, 0.05) is 5.39 Å². The molecule has 0 bridgehead atoms. The first-order chi connectivity index (χ1) is 11.2. The second kappa shape index (κ2) is 6.36. The first-order valence-electron chi connectivity index (χ1n) is 7.14.